The van der Waals surface area contributed by atoms with Crippen LogP contribution >= 0.6 is 0 Å². The highest BCUT2D eigenvalue weighted by Crippen LogP contribution is 2.57. The van der Waals surface area contributed by atoms with Crippen LogP contribution in [0, 0.1) is 16.7 Å². The largest absolute Gasteiger partial charge is 0.315 e. The number of hydrogen-bond donors (Lipinski definition) is 1. The lowest BCUT2D eigenvalue weighted by atomic mass is 9.52. The molecule has 0 radical (unpaired) electrons. The van der Waals surface area contributed by atoms with Crippen LogP contribution in [0.3, 0.4) is 0 Å². The summed E-state index contributed by atoms with van der Waals surface area (Å²) in [5.41, 5.74) is 1.56. The smallest absolute Gasteiger partial charge is 0.0158 e. The molecule has 2 rings (SSSR count). The Hall–Kier alpha value is -0.0400. The van der Waals surface area contributed by atoms with Gasteiger partial charge in [0.25, 0.3) is 0 Å². The first-order valence-electron chi connectivity index (χ1n) is 6.45. The van der Waals surface area contributed by atoms with Gasteiger partial charge < -0.3 is 5.32 Å². The Kier molecular flexibility index (Phi) is 2.46. The van der Waals surface area contributed by atoms with Gasteiger partial charge in [-0.05, 0) is 62.8 Å². The molecular weight excluding hydrogens is 182 g/mol. The van der Waals surface area contributed by atoms with Crippen LogP contribution in [0.15, 0.2) is 0 Å². The molecular formula is C14H27N. The lowest BCUT2D eigenvalue weighted by Gasteiger charge is -2.56. The molecule has 3 atom stereocenters. The quantitative estimate of drug-likeness (QED) is 0.696. The lowest BCUT2D eigenvalue weighted by Crippen LogP contribution is -2.53. The van der Waals surface area contributed by atoms with Gasteiger partial charge in [-0.3, -0.25) is 0 Å². The maximum absolute atomic E-state index is 3.56. The fraction of sp³-hybridized carbons (Fsp3) is 1.00. The molecule has 15 heavy (non-hydrogen) atoms. The van der Waals surface area contributed by atoms with E-state index in [9.17, 15) is 0 Å². The molecule has 0 spiro atoms. The van der Waals surface area contributed by atoms with Crippen LogP contribution in [-0.4, -0.2) is 12.6 Å². The summed E-state index contributed by atoms with van der Waals surface area (Å²) >= 11 is 0. The van der Waals surface area contributed by atoms with Gasteiger partial charge >= 0.3 is 0 Å². The molecule has 2 saturated carbocycles. The third-order valence-electron chi connectivity index (χ3n) is 4.69. The molecule has 2 fully saturated rings. The average molecular weight is 209 g/mol. The summed E-state index contributed by atoms with van der Waals surface area (Å²) in [6.45, 7) is 9.84. The van der Waals surface area contributed by atoms with Crippen molar-refractivity contribution in [2.45, 2.75) is 65.3 Å². The highest BCUT2D eigenvalue weighted by atomic mass is 14.9. The van der Waals surface area contributed by atoms with Crippen molar-refractivity contribution in [3.8, 4) is 0 Å². The zero-order valence-corrected chi connectivity index (χ0v) is 11.1. The molecule has 88 valence electrons. The third-order valence-corrected chi connectivity index (χ3v) is 4.69. The second-order valence-electron chi connectivity index (χ2n) is 7.62. The van der Waals surface area contributed by atoms with Crippen molar-refractivity contribution in [3.05, 3.63) is 0 Å². The molecule has 2 aliphatic rings. The minimum atomic E-state index is 0.397. The van der Waals surface area contributed by atoms with E-state index in [4.69, 9.17) is 0 Å². The minimum Gasteiger partial charge on any atom is -0.315 e. The van der Waals surface area contributed by atoms with E-state index in [0.717, 1.165) is 5.92 Å². The molecule has 0 aliphatic heterocycles. The van der Waals surface area contributed by atoms with E-state index in [1.165, 1.54) is 32.1 Å². The van der Waals surface area contributed by atoms with Crippen molar-refractivity contribution in [1.29, 1.82) is 0 Å². The summed E-state index contributed by atoms with van der Waals surface area (Å²) in [7, 11) is 2.13. The van der Waals surface area contributed by atoms with Crippen LogP contribution in [0.25, 0.3) is 0 Å². The summed E-state index contributed by atoms with van der Waals surface area (Å²) in [4.78, 5) is 0. The summed E-state index contributed by atoms with van der Waals surface area (Å²) in [5, 5.41) is 3.56. The van der Waals surface area contributed by atoms with Crippen molar-refractivity contribution in [3.63, 3.8) is 0 Å². The predicted molar refractivity (Wildman–Crippen MR) is 65.9 cm³/mol. The Bertz CT molecular complexity index is 256. The van der Waals surface area contributed by atoms with Gasteiger partial charge in [0.05, 0.1) is 0 Å². The first-order valence-corrected chi connectivity index (χ1v) is 6.45. The minimum absolute atomic E-state index is 0.397. The molecule has 0 aromatic rings. The zero-order valence-electron chi connectivity index (χ0n) is 11.1. The SMILES string of the molecule is CNC1(C)CC2CC(C)(C)CC(C)(C2)C1. The number of nitrogens with one attached hydrogen (secondary N) is 1. The first-order chi connectivity index (χ1) is 6.76. The van der Waals surface area contributed by atoms with Crippen LogP contribution in [0.1, 0.15) is 59.8 Å². The summed E-state index contributed by atoms with van der Waals surface area (Å²) in [5.74, 6) is 0.949. The summed E-state index contributed by atoms with van der Waals surface area (Å²) in [6.07, 6.45) is 7.04. The molecule has 1 heteroatoms. The Morgan fingerprint density at radius 2 is 1.60 bits per heavy atom. The second kappa shape index (κ2) is 3.23. The third kappa shape index (κ3) is 2.22. The van der Waals surface area contributed by atoms with Crippen LogP contribution in [0.2, 0.25) is 0 Å². The number of fused-ring (bicyclic) bond motifs is 2. The molecule has 0 heterocycles. The number of hydrogen-bond acceptors (Lipinski definition) is 1. The molecule has 3 unspecified atom stereocenters. The summed E-state index contributed by atoms with van der Waals surface area (Å²) < 4.78 is 0. The van der Waals surface area contributed by atoms with Crippen molar-refractivity contribution < 1.29 is 0 Å². The van der Waals surface area contributed by atoms with Gasteiger partial charge in [0, 0.05) is 5.54 Å². The van der Waals surface area contributed by atoms with Crippen LogP contribution < -0.4 is 5.32 Å². The zero-order chi connectivity index (χ0) is 11.3. The van der Waals surface area contributed by atoms with Gasteiger partial charge in [0.1, 0.15) is 0 Å². The Morgan fingerprint density at radius 1 is 0.933 bits per heavy atom. The molecule has 0 amide bonds. The molecule has 0 aromatic carbocycles. The van der Waals surface area contributed by atoms with E-state index < -0.39 is 0 Å². The molecule has 2 aliphatic carbocycles. The van der Waals surface area contributed by atoms with Gasteiger partial charge in [0.15, 0.2) is 0 Å². The van der Waals surface area contributed by atoms with Gasteiger partial charge in [0.2, 0.25) is 0 Å². The second-order valence-corrected chi connectivity index (χ2v) is 7.62. The van der Waals surface area contributed by atoms with E-state index in [0.29, 0.717) is 16.4 Å². The fourth-order valence-corrected chi connectivity index (χ4v) is 4.97. The first kappa shape index (κ1) is 11.4. The Morgan fingerprint density at radius 3 is 2.13 bits per heavy atom. The van der Waals surface area contributed by atoms with Crippen molar-refractivity contribution in [2.75, 3.05) is 7.05 Å². The number of rotatable bonds is 1. The fourth-order valence-electron chi connectivity index (χ4n) is 4.97. The summed E-state index contributed by atoms with van der Waals surface area (Å²) in [6, 6.07) is 0. The van der Waals surface area contributed by atoms with Gasteiger partial charge in [-0.15, -0.1) is 0 Å². The highest BCUT2D eigenvalue weighted by molar-refractivity contribution is 5.03. The van der Waals surface area contributed by atoms with Crippen LogP contribution in [0.4, 0.5) is 0 Å². The topological polar surface area (TPSA) is 12.0 Å². The van der Waals surface area contributed by atoms with Gasteiger partial charge in [-0.25, -0.2) is 0 Å². The molecule has 2 bridgehead atoms. The van der Waals surface area contributed by atoms with E-state index in [2.05, 4.69) is 40.1 Å². The maximum Gasteiger partial charge on any atom is 0.0158 e. The van der Waals surface area contributed by atoms with Crippen LogP contribution in [0.5, 0.6) is 0 Å². The van der Waals surface area contributed by atoms with E-state index in [1.807, 2.05) is 0 Å². The predicted octanol–water partition coefficient (Wildman–Crippen LogP) is 3.59. The molecule has 0 aromatic heterocycles. The normalized spacial score (nSPS) is 49.0. The average Bonchev–Trinajstić information content (AvgIpc) is 1.96. The maximum atomic E-state index is 3.56. The highest BCUT2D eigenvalue weighted by Gasteiger charge is 2.49. The Labute approximate surface area is 95.0 Å². The van der Waals surface area contributed by atoms with Crippen molar-refractivity contribution in [2.24, 2.45) is 16.7 Å². The van der Waals surface area contributed by atoms with Crippen molar-refractivity contribution >= 4 is 0 Å². The monoisotopic (exact) mass is 209 g/mol. The van der Waals surface area contributed by atoms with Gasteiger partial charge in [-0.1, -0.05) is 20.8 Å². The Balaban J connectivity index is 2.21. The van der Waals surface area contributed by atoms with E-state index in [-0.39, 0.29) is 0 Å². The molecule has 1 nitrogen and oxygen atoms in total. The molecule has 1 N–H and O–H groups in total. The lowest BCUT2D eigenvalue weighted by molar-refractivity contribution is -0.0263. The van der Waals surface area contributed by atoms with E-state index >= 15 is 0 Å². The standard InChI is InChI=1S/C14H27N/c1-12(2)6-11-7-13(3,9-12)10-14(4,8-11)15-5/h11,15H,6-10H2,1-5H3. The van der Waals surface area contributed by atoms with Gasteiger partial charge in [-0.2, -0.15) is 0 Å². The molecule has 0 saturated heterocycles. The van der Waals surface area contributed by atoms with Crippen molar-refractivity contribution in [1.82, 2.24) is 5.32 Å². The van der Waals surface area contributed by atoms with E-state index in [1.54, 1.807) is 0 Å². The van der Waals surface area contributed by atoms with Crippen LogP contribution in [-0.2, 0) is 0 Å².